The minimum absolute atomic E-state index is 0.0722. The third-order valence-electron chi connectivity index (χ3n) is 4.26. The second-order valence-electron chi connectivity index (χ2n) is 6.06. The molecule has 1 aliphatic rings. The first-order valence-corrected chi connectivity index (χ1v) is 10.7. The van der Waals surface area contributed by atoms with Gasteiger partial charge in [0.25, 0.3) is 5.91 Å². The van der Waals surface area contributed by atoms with E-state index in [4.69, 9.17) is 5.26 Å². The summed E-state index contributed by atoms with van der Waals surface area (Å²) in [5, 5.41) is 13.1. The number of carbonyl (C=O) groups is 1. The highest BCUT2D eigenvalue weighted by Gasteiger charge is 2.30. The molecule has 1 amide bonds. The highest BCUT2D eigenvalue weighted by atomic mass is 32.2. The molecule has 0 bridgehead atoms. The first-order chi connectivity index (χ1) is 12.5. The lowest BCUT2D eigenvalue weighted by Crippen LogP contribution is -2.36. The van der Waals surface area contributed by atoms with Crippen LogP contribution in [0.5, 0.6) is 0 Å². The number of hydrogen-bond acceptors (Lipinski definition) is 5. The summed E-state index contributed by atoms with van der Waals surface area (Å²) in [6.07, 6.45) is 3.03. The van der Waals surface area contributed by atoms with Gasteiger partial charge in [0.15, 0.2) is 0 Å². The molecule has 1 aliphatic heterocycles. The Labute approximate surface area is 157 Å². The Kier molecular flexibility index (Phi) is 5.71. The first kappa shape index (κ1) is 18.6. The molecule has 26 heavy (non-hydrogen) atoms. The van der Waals surface area contributed by atoms with Gasteiger partial charge in [-0.25, -0.2) is 8.42 Å². The monoisotopic (exact) mass is 389 g/mol. The van der Waals surface area contributed by atoms with E-state index in [0.29, 0.717) is 25.2 Å². The number of nitriles is 1. The van der Waals surface area contributed by atoms with Gasteiger partial charge >= 0.3 is 0 Å². The summed E-state index contributed by atoms with van der Waals surface area (Å²) in [5.41, 5.74) is 1.42. The van der Waals surface area contributed by atoms with Crippen molar-refractivity contribution in [2.24, 2.45) is 0 Å². The van der Waals surface area contributed by atoms with Crippen LogP contribution in [0, 0.1) is 11.3 Å². The number of thiophene rings is 1. The number of hydrogen-bond donors (Lipinski definition) is 1. The summed E-state index contributed by atoms with van der Waals surface area (Å²) in [5.74, 6) is -0.441. The number of anilines is 1. The molecule has 2 heterocycles. The van der Waals surface area contributed by atoms with Crippen LogP contribution in [-0.4, -0.2) is 31.7 Å². The molecule has 0 spiro atoms. The average molecular weight is 390 g/mol. The maximum absolute atomic E-state index is 12.9. The Balaban J connectivity index is 1.79. The van der Waals surface area contributed by atoms with E-state index in [0.717, 1.165) is 36.2 Å². The summed E-state index contributed by atoms with van der Waals surface area (Å²) in [6.45, 7) is 0.999. The minimum Gasteiger partial charge on any atom is -0.321 e. The highest BCUT2D eigenvalue weighted by molar-refractivity contribution is 7.89. The molecule has 0 aliphatic carbocycles. The summed E-state index contributed by atoms with van der Waals surface area (Å²) >= 11 is 1.12. The van der Waals surface area contributed by atoms with E-state index in [1.807, 2.05) is 0 Å². The normalized spacial score (nSPS) is 15.3. The van der Waals surface area contributed by atoms with Crippen molar-refractivity contribution in [3.63, 3.8) is 0 Å². The Hall–Kier alpha value is -2.21. The van der Waals surface area contributed by atoms with Crippen LogP contribution in [0.2, 0.25) is 0 Å². The van der Waals surface area contributed by atoms with Crippen LogP contribution in [0.1, 0.15) is 34.5 Å². The summed E-state index contributed by atoms with van der Waals surface area (Å²) in [4.78, 5) is 12.9. The second kappa shape index (κ2) is 7.99. The van der Waals surface area contributed by atoms with Gasteiger partial charge in [-0.1, -0.05) is 18.6 Å². The lowest BCUT2D eigenvalue weighted by atomic mass is 10.1. The third kappa shape index (κ3) is 3.96. The molecule has 3 rings (SSSR count). The number of amides is 1. The summed E-state index contributed by atoms with van der Waals surface area (Å²) in [7, 11) is -3.65. The van der Waals surface area contributed by atoms with Gasteiger partial charge in [-0.3, -0.25) is 4.79 Å². The largest absolute Gasteiger partial charge is 0.321 e. The SMILES string of the molecule is N#CCc1ccc(NC(=O)c2sccc2S(=O)(=O)N2CCCCC2)cc1. The fraction of sp³-hybridized carbons (Fsp3) is 0.333. The van der Waals surface area contributed by atoms with E-state index in [2.05, 4.69) is 11.4 Å². The Morgan fingerprint density at radius 1 is 1.15 bits per heavy atom. The smallest absolute Gasteiger partial charge is 0.267 e. The van der Waals surface area contributed by atoms with Crippen molar-refractivity contribution in [3.8, 4) is 6.07 Å². The van der Waals surface area contributed by atoms with Crippen LogP contribution in [0.4, 0.5) is 5.69 Å². The van der Waals surface area contributed by atoms with Crippen LogP contribution in [0.15, 0.2) is 40.6 Å². The van der Waals surface area contributed by atoms with Gasteiger partial charge in [0.05, 0.1) is 12.5 Å². The third-order valence-corrected chi connectivity index (χ3v) is 7.25. The Morgan fingerprint density at radius 2 is 1.85 bits per heavy atom. The van der Waals surface area contributed by atoms with E-state index < -0.39 is 15.9 Å². The fourth-order valence-electron chi connectivity index (χ4n) is 2.90. The van der Waals surface area contributed by atoms with Crippen LogP contribution in [0.3, 0.4) is 0 Å². The van der Waals surface area contributed by atoms with Crippen molar-refractivity contribution in [1.29, 1.82) is 5.26 Å². The number of rotatable bonds is 5. The van der Waals surface area contributed by atoms with Crippen molar-refractivity contribution in [2.45, 2.75) is 30.6 Å². The fourth-order valence-corrected chi connectivity index (χ4v) is 5.71. The molecule has 136 valence electrons. The predicted octanol–water partition coefficient (Wildman–Crippen LogP) is 3.24. The van der Waals surface area contributed by atoms with Crippen molar-refractivity contribution in [3.05, 3.63) is 46.2 Å². The number of piperidine rings is 1. The maximum atomic E-state index is 12.9. The number of benzene rings is 1. The molecule has 0 atom stereocenters. The quantitative estimate of drug-likeness (QED) is 0.850. The molecular weight excluding hydrogens is 370 g/mol. The van der Waals surface area contributed by atoms with Crippen molar-refractivity contribution in [1.82, 2.24) is 4.31 Å². The van der Waals surface area contributed by atoms with Crippen LogP contribution < -0.4 is 5.32 Å². The molecule has 1 fully saturated rings. The molecule has 1 aromatic carbocycles. The van der Waals surface area contributed by atoms with Gasteiger partial charge in [0.2, 0.25) is 10.0 Å². The van der Waals surface area contributed by atoms with Gasteiger partial charge in [-0.15, -0.1) is 11.3 Å². The minimum atomic E-state index is -3.65. The molecule has 6 nitrogen and oxygen atoms in total. The first-order valence-electron chi connectivity index (χ1n) is 8.37. The van der Waals surface area contributed by atoms with Gasteiger partial charge in [0.1, 0.15) is 9.77 Å². The zero-order chi connectivity index (χ0) is 18.6. The Bertz CT molecular complexity index is 921. The van der Waals surface area contributed by atoms with Crippen LogP contribution in [-0.2, 0) is 16.4 Å². The lowest BCUT2D eigenvalue weighted by Gasteiger charge is -2.25. The predicted molar refractivity (Wildman–Crippen MR) is 101 cm³/mol. The average Bonchev–Trinajstić information content (AvgIpc) is 3.15. The molecule has 0 unspecified atom stereocenters. The lowest BCUT2D eigenvalue weighted by molar-refractivity contribution is 0.102. The molecule has 0 saturated carbocycles. The number of carbonyl (C=O) groups excluding carboxylic acids is 1. The van der Waals surface area contributed by atoms with E-state index >= 15 is 0 Å². The molecule has 1 N–H and O–H groups in total. The highest BCUT2D eigenvalue weighted by Crippen LogP contribution is 2.28. The molecule has 8 heteroatoms. The van der Waals surface area contributed by atoms with Crippen molar-refractivity contribution < 1.29 is 13.2 Å². The van der Waals surface area contributed by atoms with Crippen LogP contribution >= 0.6 is 11.3 Å². The zero-order valence-electron chi connectivity index (χ0n) is 14.1. The molecule has 2 aromatic rings. The van der Waals surface area contributed by atoms with Gasteiger partial charge < -0.3 is 5.32 Å². The maximum Gasteiger partial charge on any atom is 0.267 e. The number of nitrogens with zero attached hydrogens (tertiary/aromatic N) is 2. The number of nitrogens with one attached hydrogen (secondary N) is 1. The zero-order valence-corrected chi connectivity index (χ0v) is 15.8. The van der Waals surface area contributed by atoms with E-state index in [1.165, 1.54) is 10.4 Å². The van der Waals surface area contributed by atoms with Gasteiger partial charge in [-0.2, -0.15) is 9.57 Å². The van der Waals surface area contributed by atoms with E-state index in [9.17, 15) is 13.2 Å². The van der Waals surface area contributed by atoms with E-state index in [1.54, 1.807) is 29.6 Å². The summed E-state index contributed by atoms with van der Waals surface area (Å²) < 4.78 is 27.2. The summed E-state index contributed by atoms with van der Waals surface area (Å²) in [6, 6.07) is 10.5. The number of sulfonamides is 1. The van der Waals surface area contributed by atoms with Crippen molar-refractivity contribution >= 4 is 33.0 Å². The van der Waals surface area contributed by atoms with E-state index in [-0.39, 0.29) is 9.77 Å². The Morgan fingerprint density at radius 3 is 2.50 bits per heavy atom. The standard InChI is InChI=1S/C18H19N3O3S2/c19-10-8-14-4-6-15(7-5-14)20-18(22)17-16(9-13-25-17)26(23,24)21-11-2-1-3-12-21/h4-7,9,13H,1-3,8,11-12H2,(H,20,22). The molecule has 1 saturated heterocycles. The molecule has 1 aromatic heterocycles. The molecular formula is C18H19N3O3S2. The van der Waals surface area contributed by atoms with Crippen LogP contribution in [0.25, 0.3) is 0 Å². The second-order valence-corrected chi connectivity index (χ2v) is 8.89. The van der Waals surface area contributed by atoms with Crippen molar-refractivity contribution in [2.75, 3.05) is 18.4 Å². The molecule has 0 radical (unpaired) electrons. The topological polar surface area (TPSA) is 90.3 Å². The van der Waals surface area contributed by atoms with Gasteiger partial charge in [0, 0.05) is 18.8 Å². The van der Waals surface area contributed by atoms with Gasteiger partial charge in [-0.05, 0) is 42.0 Å².